The molecule has 1 atom stereocenters. The van der Waals surface area contributed by atoms with E-state index in [1.807, 2.05) is 12.1 Å². The fourth-order valence-electron chi connectivity index (χ4n) is 10.1. The molecule has 62 heavy (non-hydrogen) atoms. The highest BCUT2D eigenvalue weighted by atomic mass is 15.2. The second kappa shape index (κ2) is 14.6. The molecule has 1 unspecified atom stereocenters. The first kappa shape index (κ1) is 35.9. The van der Waals surface area contributed by atoms with Gasteiger partial charge in [-0.1, -0.05) is 194 Å². The topological polar surface area (TPSA) is 27.6 Å². The molecule has 1 spiro atoms. The van der Waals surface area contributed by atoms with Crippen molar-refractivity contribution < 1.29 is 0 Å². The van der Waals surface area contributed by atoms with Crippen LogP contribution in [-0.4, -0.2) is 5.71 Å². The van der Waals surface area contributed by atoms with Gasteiger partial charge >= 0.3 is 0 Å². The number of nitrogens with one attached hydrogen (secondary N) is 1. The third-order valence-corrected chi connectivity index (χ3v) is 12.9. The van der Waals surface area contributed by atoms with E-state index in [9.17, 15) is 0 Å². The second-order valence-electron chi connectivity index (χ2n) is 16.3. The van der Waals surface area contributed by atoms with Gasteiger partial charge in [-0.25, -0.2) is 0 Å². The summed E-state index contributed by atoms with van der Waals surface area (Å²) < 4.78 is 0. The van der Waals surface area contributed by atoms with E-state index in [2.05, 4.69) is 235 Å². The standard InChI is InChI=1S/C59H41N3/c1-4-17-41(18-5-1)54-39-55(61-58(60-54)43-19-6-2-7-20-43)42-33-31-40(32-34-42)44-21-16-22-45(37-44)46-35-36-49-48-25-10-11-26-50(48)59(53(49)38-46)51-27-12-14-29-56(51)62(47-23-8-3-9-24-47)57-30-15-13-28-52(57)59/h1-39,58,61H. The number of anilines is 3. The molecule has 0 saturated heterocycles. The number of aliphatic imine (C=N–C) groups is 1. The van der Waals surface area contributed by atoms with Crippen molar-refractivity contribution in [3.63, 3.8) is 0 Å². The summed E-state index contributed by atoms with van der Waals surface area (Å²) in [5.74, 6) is 0. The quantitative estimate of drug-likeness (QED) is 0.182. The van der Waals surface area contributed by atoms with Gasteiger partial charge in [0.05, 0.1) is 22.5 Å². The molecule has 1 aliphatic carbocycles. The van der Waals surface area contributed by atoms with Crippen molar-refractivity contribution in [1.29, 1.82) is 0 Å². The van der Waals surface area contributed by atoms with Gasteiger partial charge in [-0.3, -0.25) is 4.99 Å². The Morgan fingerprint density at radius 1 is 0.387 bits per heavy atom. The Morgan fingerprint density at radius 2 is 0.903 bits per heavy atom. The van der Waals surface area contributed by atoms with Crippen LogP contribution in [0.15, 0.2) is 242 Å². The smallest absolute Gasteiger partial charge is 0.145 e. The highest BCUT2D eigenvalue weighted by Gasteiger charge is 2.51. The lowest BCUT2D eigenvalue weighted by atomic mass is 9.64. The molecule has 9 aromatic carbocycles. The fourth-order valence-corrected chi connectivity index (χ4v) is 10.1. The summed E-state index contributed by atoms with van der Waals surface area (Å²) in [6, 6.07) is 83.8. The van der Waals surface area contributed by atoms with E-state index in [-0.39, 0.29) is 6.17 Å². The van der Waals surface area contributed by atoms with Gasteiger partial charge in [-0.2, -0.15) is 0 Å². The Kier molecular flexibility index (Phi) is 8.46. The monoisotopic (exact) mass is 791 g/mol. The lowest BCUT2D eigenvalue weighted by Crippen LogP contribution is -2.36. The number of fused-ring (bicyclic) bond motifs is 9. The molecule has 0 radical (unpaired) electrons. The van der Waals surface area contributed by atoms with Crippen LogP contribution in [0.3, 0.4) is 0 Å². The number of benzene rings is 9. The summed E-state index contributed by atoms with van der Waals surface area (Å²) in [6.45, 7) is 0. The van der Waals surface area contributed by atoms with Crippen molar-refractivity contribution in [1.82, 2.24) is 5.32 Å². The summed E-state index contributed by atoms with van der Waals surface area (Å²) in [5, 5.41) is 3.72. The predicted octanol–water partition coefficient (Wildman–Crippen LogP) is 14.3. The second-order valence-corrected chi connectivity index (χ2v) is 16.3. The maximum atomic E-state index is 5.13. The van der Waals surface area contributed by atoms with E-state index in [1.165, 1.54) is 67.0 Å². The largest absolute Gasteiger partial charge is 0.360 e. The molecule has 2 heterocycles. The SMILES string of the molecule is C1=C(c2ccc(-c3cccc(-c4ccc5c(c4)C4(c6ccccc6-5)c5ccccc5N(c5ccccc5)c5ccccc54)c3)cc2)NC(c2ccccc2)N=C1c1ccccc1. The minimum Gasteiger partial charge on any atom is -0.360 e. The first-order valence-electron chi connectivity index (χ1n) is 21.4. The van der Waals surface area contributed by atoms with E-state index < -0.39 is 5.41 Å². The highest BCUT2D eigenvalue weighted by molar-refractivity contribution is 6.13. The van der Waals surface area contributed by atoms with Gasteiger partial charge in [0.25, 0.3) is 0 Å². The van der Waals surface area contributed by atoms with Crippen LogP contribution in [0, 0.1) is 0 Å². The molecular formula is C59H41N3. The zero-order valence-corrected chi connectivity index (χ0v) is 34.0. The number of rotatable bonds is 6. The van der Waals surface area contributed by atoms with Crippen LogP contribution in [-0.2, 0) is 5.41 Å². The molecule has 3 nitrogen and oxygen atoms in total. The van der Waals surface area contributed by atoms with E-state index in [1.54, 1.807) is 0 Å². The number of para-hydroxylation sites is 3. The minimum atomic E-state index is -0.500. The van der Waals surface area contributed by atoms with Crippen LogP contribution in [0.5, 0.6) is 0 Å². The van der Waals surface area contributed by atoms with Crippen molar-refractivity contribution in [2.75, 3.05) is 4.90 Å². The molecule has 9 aromatic rings. The molecular weight excluding hydrogens is 751 g/mol. The van der Waals surface area contributed by atoms with Gasteiger partial charge in [-0.05, 0) is 115 Å². The molecule has 0 fully saturated rings. The van der Waals surface area contributed by atoms with Gasteiger partial charge < -0.3 is 10.2 Å². The van der Waals surface area contributed by atoms with Gasteiger partial charge in [0.2, 0.25) is 0 Å². The Morgan fingerprint density at radius 3 is 1.61 bits per heavy atom. The van der Waals surface area contributed by atoms with Crippen LogP contribution < -0.4 is 10.2 Å². The van der Waals surface area contributed by atoms with Crippen molar-refractivity contribution in [3.8, 4) is 33.4 Å². The normalized spacial score (nSPS) is 15.4. The lowest BCUT2D eigenvalue weighted by molar-refractivity contribution is 0.664. The van der Waals surface area contributed by atoms with Crippen LogP contribution >= 0.6 is 0 Å². The van der Waals surface area contributed by atoms with Crippen LogP contribution in [0.1, 0.15) is 45.1 Å². The number of nitrogens with zero attached hydrogens (tertiary/aromatic N) is 2. The van der Waals surface area contributed by atoms with Gasteiger partial charge in [0, 0.05) is 11.4 Å². The minimum absolute atomic E-state index is 0.180. The van der Waals surface area contributed by atoms with E-state index >= 15 is 0 Å². The third kappa shape index (κ3) is 5.70. The molecule has 2 aliphatic heterocycles. The first-order valence-corrected chi connectivity index (χ1v) is 21.4. The van der Waals surface area contributed by atoms with Gasteiger partial charge in [0.15, 0.2) is 0 Å². The summed E-state index contributed by atoms with van der Waals surface area (Å²) in [4.78, 5) is 7.57. The maximum absolute atomic E-state index is 5.13. The molecule has 1 N–H and O–H groups in total. The zero-order valence-electron chi connectivity index (χ0n) is 34.0. The molecule has 292 valence electrons. The molecule has 0 bridgehead atoms. The van der Waals surface area contributed by atoms with Crippen molar-refractivity contribution >= 4 is 28.5 Å². The number of hydrogen-bond acceptors (Lipinski definition) is 3. The molecule has 0 aromatic heterocycles. The van der Waals surface area contributed by atoms with Crippen molar-refractivity contribution in [2.24, 2.45) is 4.99 Å². The highest BCUT2D eigenvalue weighted by Crippen LogP contribution is 2.63. The van der Waals surface area contributed by atoms with E-state index in [4.69, 9.17) is 4.99 Å². The van der Waals surface area contributed by atoms with Crippen LogP contribution in [0.25, 0.3) is 39.1 Å². The molecule has 0 amide bonds. The van der Waals surface area contributed by atoms with Crippen LogP contribution in [0.2, 0.25) is 0 Å². The predicted molar refractivity (Wildman–Crippen MR) is 256 cm³/mol. The Labute approximate surface area is 362 Å². The van der Waals surface area contributed by atoms with Gasteiger partial charge in [-0.15, -0.1) is 0 Å². The molecule has 3 heteroatoms. The van der Waals surface area contributed by atoms with E-state index in [0.717, 1.165) is 33.8 Å². The van der Waals surface area contributed by atoms with Gasteiger partial charge in [0.1, 0.15) is 6.17 Å². The third-order valence-electron chi connectivity index (χ3n) is 12.9. The Hall–Kier alpha value is -8.01. The summed E-state index contributed by atoms with van der Waals surface area (Å²) in [5.41, 5.74) is 21.0. The average molecular weight is 792 g/mol. The average Bonchev–Trinajstić information content (AvgIpc) is 3.65. The van der Waals surface area contributed by atoms with Crippen molar-refractivity contribution in [2.45, 2.75) is 11.6 Å². The summed E-state index contributed by atoms with van der Waals surface area (Å²) in [7, 11) is 0. The summed E-state index contributed by atoms with van der Waals surface area (Å²) in [6.07, 6.45) is 1.99. The van der Waals surface area contributed by atoms with E-state index in [0.29, 0.717) is 0 Å². The number of hydrogen-bond donors (Lipinski definition) is 1. The van der Waals surface area contributed by atoms with Crippen molar-refractivity contribution in [3.05, 3.63) is 276 Å². The first-order chi connectivity index (χ1) is 30.7. The molecule has 0 saturated carbocycles. The van der Waals surface area contributed by atoms with Crippen LogP contribution in [0.4, 0.5) is 17.1 Å². The zero-order chi connectivity index (χ0) is 41.0. The maximum Gasteiger partial charge on any atom is 0.145 e. The number of allylic oxidation sites excluding steroid dienone is 1. The Balaban J connectivity index is 0.938. The lowest BCUT2D eigenvalue weighted by Gasteiger charge is -2.45. The molecule has 12 rings (SSSR count). The fraction of sp³-hybridized carbons (Fsp3) is 0.0339. The Bertz CT molecular complexity index is 3160. The summed E-state index contributed by atoms with van der Waals surface area (Å²) >= 11 is 0. The molecule has 3 aliphatic rings.